The molecule has 1 nitrogen and oxygen atoms in total. The van der Waals surface area contributed by atoms with Gasteiger partial charge in [0.15, 0.2) is 6.10 Å². The highest BCUT2D eigenvalue weighted by molar-refractivity contribution is 5.56. The van der Waals surface area contributed by atoms with Crippen LogP contribution in [0.25, 0.3) is 0 Å². The van der Waals surface area contributed by atoms with Gasteiger partial charge in [-0.1, -0.05) is 78.9 Å². The van der Waals surface area contributed by atoms with E-state index < -0.39 is 0 Å². The van der Waals surface area contributed by atoms with Crippen molar-refractivity contribution in [2.24, 2.45) is 5.92 Å². The van der Waals surface area contributed by atoms with Crippen molar-refractivity contribution in [2.75, 3.05) is 0 Å². The Balaban J connectivity index is 1.77. The van der Waals surface area contributed by atoms with Crippen LogP contribution in [0, 0.1) is 5.92 Å². The lowest BCUT2D eigenvalue weighted by Gasteiger charge is -2.21. The molecular formula is C22H19O+. The van der Waals surface area contributed by atoms with Crippen LogP contribution in [0.4, 0.5) is 0 Å². The van der Waals surface area contributed by atoms with Crippen LogP contribution in [0.15, 0.2) is 78.9 Å². The van der Waals surface area contributed by atoms with Gasteiger partial charge in [0.1, 0.15) is 0 Å². The Morgan fingerprint density at radius 1 is 0.522 bits per heavy atom. The minimum absolute atomic E-state index is 0.145. The van der Waals surface area contributed by atoms with E-state index in [-0.39, 0.29) is 6.10 Å². The Kier molecular flexibility index (Phi) is 2.74. The van der Waals surface area contributed by atoms with E-state index in [1.165, 1.54) is 27.8 Å². The summed E-state index contributed by atoms with van der Waals surface area (Å²) in [6.07, 6.45) is -0.145. The van der Waals surface area contributed by atoms with E-state index in [1.807, 2.05) is 0 Å². The number of rotatable bonds is 1. The Bertz CT molecular complexity index is 853. The first-order chi connectivity index (χ1) is 11.4. The van der Waals surface area contributed by atoms with Gasteiger partial charge in [0, 0.05) is 17.4 Å². The molecule has 0 saturated heterocycles. The lowest BCUT2D eigenvalue weighted by atomic mass is 9.81. The molecule has 2 N–H and O–H groups in total. The van der Waals surface area contributed by atoms with Crippen LogP contribution in [0.1, 0.15) is 45.8 Å². The van der Waals surface area contributed by atoms with Crippen molar-refractivity contribution in [1.29, 1.82) is 0 Å². The summed E-state index contributed by atoms with van der Waals surface area (Å²) in [5, 5.41) is 8.90. The highest BCUT2D eigenvalue weighted by atomic mass is 16.3. The molecule has 0 amide bonds. The van der Waals surface area contributed by atoms with Gasteiger partial charge < -0.3 is 5.11 Å². The largest absolute Gasteiger partial charge is 0.439 e. The molecule has 3 aromatic carbocycles. The van der Waals surface area contributed by atoms with E-state index in [4.69, 9.17) is 5.11 Å². The molecule has 0 aromatic heterocycles. The molecular weight excluding hydrogens is 280 g/mol. The molecule has 0 spiro atoms. The van der Waals surface area contributed by atoms with Crippen molar-refractivity contribution in [2.45, 2.75) is 17.9 Å². The summed E-state index contributed by atoms with van der Waals surface area (Å²) in [6.45, 7) is 0. The maximum absolute atomic E-state index is 8.90. The molecule has 0 bridgehead atoms. The number of fused-ring (bicyclic) bond motifs is 5. The van der Waals surface area contributed by atoms with Crippen LogP contribution >= 0.6 is 0 Å². The molecule has 0 fully saturated rings. The maximum Gasteiger partial charge on any atom is 0.184 e. The minimum Gasteiger partial charge on any atom is -0.439 e. The van der Waals surface area contributed by atoms with Crippen LogP contribution in [-0.4, -0.2) is 5.11 Å². The second-order valence-electron chi connectivity index (χ2n) is 6.68. The van der Waals surface area contributed by atoms with Gasteiger partial charge in [-0.3, -0.25) is 0 Å². The van der Waals surface area contributed by atoms with Crippen LogP contribution in [0.5, 0.6) is 0 Å². The molecule has 5 rings (SSSR count). The maximum atomic E-state index is 8.90. The smallest absolute Gasteiger partial charge is 0.184 e. The molecule has 0 aliphatic heterocycles. The highest BCUT2D eigenvalue weighted by Crippen LogP contribution is 2.61. The molecule has 1 heteroatoms. The van der Waals surface area contributed by atoms with Gasteiger partial charge in [0.05, 0.1) is 5.92 Å². The predicted octanol–water partition coefficient (Wildman–Crippen LogP) is 4.36. The second-order valence-corrected chi connectivity index (χ2v) is 6.68. The number of hydrogen-bond donors (Lipinski definition) is 0. The van der Waals surface area contributed by atoms with Gasteiger partial charge in [-0.05, 0) is 22.3 Å². The topological polar surface area (TPSA) is 22.9 Å². The fraction of sp³-hybridized carbons (Fsp3) is 0.182. The molecule has 0 radical (unpaired) electrons. The van der Waals surface area contributed by atoms with Crippen LogP contribution < -0.4 is 0 Å². The summed E-state index contributed by atoms with van der Waals surface area (Å²) >= 11 is 0. The lowest BCUT2D eigenvalue weighted by molar-refractivity contribution is 0.113. The zero-order valence-electron chi connectivity index (χ0n) is 12.8. The fourth-order valence-electron chi connectivity index (χ4n) is 4.79. The second kappa shape index (κ2) is 4.81. The summed E-state index contributed by atoms with van der Waals surface area (Å²) in [5.41, 5.74) is 6.77. The summed E-state index contributed by atoms with van der Waals surface area (Å²) < 4.78 is 0. The van der Waals surface area contributed by atoms with Crippen molar-refractivity contribution in [1.82, 2.24) is 0 Å². The zero-order valence-corrected chi connectivity index (χ0v) is 12.8. The quantitative estimate of drug-likeness (QED) is 0.596. The van der Waals surface area contributed by atoms with Gasteiger partial charge in [-0.15, -0.1) is 0 Å². The standard InChI is InChI=1S/C22H18O/c23-22-18-13-7-6-12-17(18)20-16-11-5-4-10-15(16)19(21(20)22)14-8-2-1-3-9-14/h1-13,19-23H/p+1/t19?,20?,21-,22?/m0/s1. The van der Waals surface area contributed by atoms with E-state index in [0.717, 1.165) is 0 Å². The Morgan fingerprint density at radius 2 is 1.00 bits per heavy atom. The average molecular weight is 299 g/mol. The molecule has 3 unspecified atom stereocenters. The Hall–Kier alpha value is -2.38. The zero-order chi connectivity index (χ0) is 15.4. The molecule has 2 aliphatic carbocycles. The third-order valence-electron chi connectivity index (χ3n) is 5.65. The first-order valence-electron chi connectivity index (χ1n) is 8.30. The summed E-state index contributed by atoms with van der Waals surface area (Å²) in [4.78, 5) is 0. The highest BCUT2D eigenvalue weighted by Gasteiger charge is 2.53. The summed E-state index contributed by atoms with van der Waals surface area (Å²) in [7, 11) is 0. The average Bonchev–Trinajstić information content (AvgIpc) is 3.10. The number of benzene rings is 3. The SMILES string of the molecule is [OH2+]C1c2ccccc2C2c3ccccc3C(c3ccccc3)[C@H]12. The molecule has 0 saturated carbocycles. The summed E-state index contributed by atoms with van der Waals surface area (Å²) in [5.74, 6) is 1.01. The number of hydrogen-bond acceptors (Lipinski definition) is 0. The van der Waals surface area contributed by atoms with E-state index in [9.17, 15) is 0 Å². The summed E-state index contributed by atoms with van der Waals surface area (Å²) in [6, 6.07) is 28.1. The first-order valence-corrected chi connectivity index (χ1v) is 8.30. The fourth-order valence-corrected chi connectivity index (χ4v) is 4.79. The van der Waals surface area contributed by atoms with E-state index >= 15 is 0 Å². The molecule has 3 aromatic rings. The van der Waals surface area contributed by atoms with Crippen molar-refractivity contribution >= 4 is 0 Å². The van der Waals surface area contributed by atoms with Crippen molar-refractivity contribution < 1.29 is 5.11 Å². The third-order valence-corrected chi connectivity index (χ3v) is 5.65. The monoisotopic (exact) mass is 299 g/mol. The third kappa shape index (κ3) is 1.71. The van der Waals surface area contributed by atoms with E-state index in [2.05, 4.69) is 78.9 Å². The van der Waals surface area contributed by atoms with Crippen molar-refractivity contribution in [3.05, 3.63) is 107 Å². The molecule has 2 aliphatic rings. The van der Waals surface area contributed by atoms with Gasteiger partial charge in [0.2, 0.25) is 0 Å². The molecule has 4 atom stereocenters. The van der Waals surface area contributed by atoms with Gasteiger partial charge in [0.25, 0.3) is 0 Å². The Morgan fingerprint density at radius 3 is 1.65 bits per heavy atom. The van der Waals surface area contributed by atoms with Crippen molar-refractivity contribution in [3.63, 3.8) is 0 Å². The van der Waals surface area contributed by atoms with Gasteiger partial charge in [-0.25, -0.2) is 0 Å². The van der Waals surface area contributed by atoms with Crippen LogP contribution in [0.2, 0.25) is 0 Å². The van der Waals surface area contributed by atoms with E-state index in [0.29, 0.717) is 17.8 Å². The molecule has 23 heavy (non-hydrogen) atoms. The first kappa shape index (κ1) is 13.1. The van der Waals surface area contributed by atoms with Crippen LogP contribution in [0.3, 0.4) is 0 Å². The molecule has 0 heterocycles. The normalized spacial score (nSPS) is 27.3. The Labute approximate surface area is 136 Å². The lowest BCUT2D eigenvalue weighted by Crippen LogP contribution is -2.15. The van der Waals surface area contributed by atoms with Gasteiger partial charge >= 0.3 is 0 Å². The predicted molar refractivity (Wildman–Crippen MR) is 92.9 cm³/mol. The van der Waals surface area contributed by atoms with E-state index in [1.54, 1.807) is 0 Å². The van der Waals surface area contributed by atoms with Gasteiger partial charge in [-0.2, -0.15) is 0 Å². The van der Waals surface area contributed by atoms with Crippen LogP contribution in [-0.2, 0) is 0 Å². The molecule has 112 valence electrons. The minimum atomic E-state index is -0.145. The van der Waals surface area contributed by atoms with Crippen molar-refractivity contribution in [3.8, 4) is 0 Å².